The number of methoxy groups -OCH3 is 1. The number of hydrogen-bond acceptors (Lipinski definition) is 4. The highest BCUT2D eigenvalue weighted by Gasteiger charge is 2.18. The summed E-state index contributed by atoms with van der Waals surface area (Å²) in [5, 5.41) is 5.59. The predicted octanol–water partition coefficient (Wildman–Crippen LogP) is 2.96. The first-order valence-electron chi connectivity index (χ1n) is 6.93. The number of rotatable bonds is 7. The molecule has 3 nitrogen and oxygen atoms in total. The molecule has 1 saturated heterocycles. The molecule has 108 valence electrons. The molecule has 1 aliphatic rings. The Morgan fingerprint density at radius 3 is 2.89 bits per heavy atom. The van der Waals surface area contributed by atoms with Crippen LogP contribution in [0, 0.1) is 5.92 Å². The Labute approximate surface area is 128 Å². The average molecular weight is 347 g/mol. The van der Waals surface area contributed by atoms with Crippen LogP contribution in [0.15, 0.2) is 15.9 Å². The van der Waals surface area contributed by atoms with E-state index in [9.17, 15) is 0 Å². The third kappa shape index (κ3) is 5.16. The predicted molar refractivity (Wildman–Crippen MR) is 84.8 cm³/mol. The molecule has 0 atom stereocenters. The van der Waals surface area contributed by atoms with Crippen LogP contribution in [0.4, 0.5) is 0 Å². The fraction of sp³-hybridized carbons (Fsp3) is 0.714. The van der Waals surface area contributed by atoms with Crippen LogP contribution < -0.4 is 5.32 Å². The minimum absolute atomic E-state index is 0.813. The van der Waals surface area contributed by atoms with Gasteiger partial charge in [0.15, 0.2) is 0 Å². The third-order valence-corrected chi connectivity index (χ3v) is 5.56. The van der Waals surface area contributed by atoms with Crippen LogP contribution in [0.25, 0.3) is 0 Å². The van der Waals surface area contributed by atoms with E-state index < -0.39 is 0 Å². The van der Waals surface area contributed by atoms with Gasteiger partial charge in [-0.1, -0.05) is 0 Å². The second kappa shape index (κ2) is 8.37. The van der Waals surface area contributed by atoms with Crippen molar-refractivity contribution in [2.45, 2.75) is 19.4 Å². The minimum atomic E-state index is 0.813. The van der Waals surface area contributed by atoms with Crippen molar-refractivity contribution < 1.29 is 4.74 Å². The average Bonchev–Trinajstić information content (AvgIpc) is 2.83. The summed E-state index contributed by atoms with van der Waals surface area (Å²) < 4.78 is 6.49. The van der Waals surface area contributed by atoms with Crippen molar-refractivity contribution in [2.75, 3.05) is 39.9 Å². The molecule has 1 fully saturated rings. The van der Waals surface area contributed by atoms with E-state index in [-0.39, 0.29) is 0 Å². The van der Waals surface area contributed by atoms with E-state index in [4.69, 9.17) is 4.74 Å². The molecule has 2 heterocycles. The number of nitrogens with one attached hydrogen (secondary N) is 1. The number of hydrogen-bond donors (Lipinski definition) is 1. The van der Waals surface area contributed by atoms with Gasteiger partial charge in [0, 0.05) is 36.1 Å². The van der Waals surface area contributed by atoms with Crippen molar-refractivity contribution in [3.05, 3.63) is 20.8 Å². The fourth-order valence-corrected chi connectivity index (χ4v) is 4.04. The number of thiophene rings is 1. The molecule has 19 heavy (non-hydrogen) atoms. The van der Waals surface area contributed by atoms with Gasteiger partial charge in [-0.3, -0.25) is 4.90 Å². The number of halogens is 1. The molecule has 1 aliphatic heterocycles. The zero-order valence-electron chi connectivity index (χ0n) is 11.5. The Morgan fingerprint density at radius 1 is 1.47 bits per heavy atom. The van der Waals surface area contributed by atoms with Gasteiger partial charge in [0.2, 0.25) is 0 Å². The first kappa shape index (κ1) is 15.4. The first-order chi connectivity index (χ1) is 9.29. The molecular formula is C14H23BrN2OS. The smallest absolute Gasteiger partial charge is 0.0589 e. The summed E-state index contributed by atoms with van der Waals surface area (Å²) in [5.74, 6) is 0.830. The summed E-state index contributed by atoms with van der Waals surface area (Å²) in [5.41, 5.74) is 0. The van der Waals surface area contributed by atoms with Crippen molar-refractivity contribution in [3.8, 4) is 0 Å². The van der Waals surface area contributed by atoms with Gasteiger partial charge in [-0.25, -0.2) is 0 Å². The Bertz CT molecular complexity index is 366. The van der Waals surface area contributed by atoms with Gasteiger partial charge in [-0.15, -0.1) is 11.3 Å². The van der Waals surface area contributed by atoms with Crippen molar-refractivity contribution in [1.82, 2.24) is 10.2 Å². The van der Waals surface area contributed by atoms with Crippen LogP contribution in [0.2, 0.25) is 0 Å². The maximum Gasteiger partial charge on any atom is 0.0589 e. The van der Waals surface area contributed by atoms with Crippen molar-refractivity contribution in [2.24, 2.45) is 5.92 Å². The highest BCUT2D eigenvalue weighted by atomic mass is 79.9. The topological polar surface area (TPSA) is 24.5 Å². The van der Waals surface area contributed by atoms with Crippen molar-refractivity contribution >= 4 is 27.3 Å². The molecule has 1 aromatic heterocycles. The molecule has 1 N–H and O–H groups in total. The monoisotopic (exact) mass is 346 g/mol. The fourth-order valence-electron chi connectivity index (χ4n) is 2.53. The van der Waals surface area contributed by atoms with Crippen LogP contribution in [0.1, 0.15) is 17.7 Å². The maximum atomic E-state index is 5.25. The molecule has 2 rings (SSSR count). The first-order valence-corrected chi connectivity index (χ1v) is 8.60. The lowest BCUT2D eigenvalue weighted by molar-refractivity contribution is 0.126. The van der Waals surface area contributed by atoms with Crippen LogP contribution >= 0.6 is 27.3 Å². The molecular weight excluding hydrogens is 324 g/mol. The lowest BCUT2D eigenvalue weighted by Gasteiger charge is -2.29. The molecule has 1 aromatic rings. The Morgan fingerprint density at radius 2 is 2.26 bits per heavy atom. The summed E-state index contributed by atoms with van der Waals surface area (Å²) in [7, 11) is 1.78. The van der Waals surface area contributed by atoms with Gasteiger partial charge in [-0.2, -0.15) is 0 Å². The van der Waals surface area contributed by atoms with Crippen LogP contribution in [0.5, 0.6) is 0 Å². The second-order valence-electron chi connectivity index (χ2n) is 5.11. The second-order valence-corrected chi connectivity index (χ2v) is 6.97. The largest absolute Gasteiger partial charge is 0.383 e. The van der Waals surface area contributed by atoms with Gasteiger partial charge >= 0.3 is 0 Å². The van der Waals surface area contributed by atoms with E-state index in [1.807, 2.05) is 11.3 Å². The number of ether oxygens (including phenoxy) is 1. The Hall–Kier alpha value is 0.0600. The highest BCUT2D eigenvalue weighted by Crippen LogP contribution is 2.25. The summed E-state index contributed by atoms with van der Waals surface area (Å²) >= 11 is 5.46. The third-order valence-electron chi connectivity index (χ3n) is 3.65. The Balaban J connectivity index is 1.88. The summed E-state index contributed by atoms with van der Waals surface area (Å²) in [6.45, 7) is 6.40. The maximum absolute atomic E-state index is 5.25. The molecule has 0 spiro atoms. The number of nitrogens with zero attached hydrogens (tertiary/aromatic N) is 1. The van der Waals surface area contributed by atoms with Crippen molar-refractivity contribution in [1.29, 1.82) is 0 Å². The van der Waals surface area contributed by atoms with Crippen LogP contribution in [-0.2, 0) is 11.3 Å². The van der Waals surface area contributed by atoms with Crippen LogP contribution in [0.3, 0.4) is 0 Å². The number of piperidine rings is 1. The van der Waals surface area contributed by atoms with E-state index in [2.05, 4.69) is 37.6 Å². The minimum Gasteiger partial charge on any atom is -0.383 e. The van der Waals surface area contributed by atoms with E-state index in [1.54, 1.807) is 7.11 Å². The zero-order valence-corrected chi connectivity index (χ0v) is 13.9. The normalized spacial score (nSPS) is 17.2. The van der Waals surface area contributed by atoms with Gasteiger partial charge in [0.25, 0.3) is 0 Å². The van der Waals surface area contributed by atoms with Gasteiger partial charge in [-0.05, 0) is 59.2 Å². The van der Waals surface area contributed by atoms with Gasteiger partial charge < -0.3 is 10.1 Å². The Kier molecular flexibility index (Phi) is 6.81. The lowest BCUT2D eigenvalue weighted by atomic mass is 9.97. The lowest BCUT2D eigenvalue weighted by Crippen LogP contribution is -2.37. The quantitative estimate of drug-likeness (QED) is 0.821. The van der Waals surface area contributed by atoms with Gasteiger partial charge in [0.05, 0.1) is 6.61 Å². The van der Waals surface area contributed by atoms with E-state index in [0.717, 1.165) is 25.6 Å². The standard InChI is InChI=1S/C14H23BrN2OS/c1-18-8-7-17(10-12-2-5-16-6-3-12)11-14-13(15)4-9-19-14/h4,9,12,16H,2-3,5-8,10-11H2,1H3. The van der Waals surface area contributed by atoms with Crippen LogP contribution in [-0.4, -0.2) is 44.8 Å². The highest BCUT2D eigenvalue weighted by molar-refractivity contribution is 9.10. The molecule has 0 amide bonds. The van der Waals surface area contributed by atoms with E-state index in [1.165, 1.54) is 41.8 Å². The zero-order chi connectivity index (χ0) is 13.5. The summed E-state index contributed by atoms with van der Waals surface area (Å²) in [6.07, 6.45) is 2.60. The molecule has 5 heteroatoms. The van der Waals surface area contributed by atoms with E-state index in [0.29, 0.717) is 0 Å². The molecule has 0 saturated carbocycles. The molecule has 0 aromatic carbocycles. The molecule has 0 unspecified atom stereocenters. The van der Waals surface area contributed by atoms with E-state index >= 15 is 0 Å². The molecule has 0 bridgehead atoms. The summed E-state index contributed by atoms with van der Waals surface area (Å²) in [4.78, 5) is 3.96. The van der Waals surface area contributed by atoms with Crippen molar-refractivity contribution in [3.63, 3.8) is 0 Å². The molecule has 0 aliphatic carbocycles. The summed E-state index contributed by atoms with van der Waals surface area (Å²) in [6, 6.07) is 2.14. The van der Waals surface area contributed by atoms with Gasteiger partial charge in [0.1, 0.15) is 0 Å². The molecule has 0 radical (unpaired) electrons. The SMILES string of the molecule is COCCN(Cc1sccc1Br)CC1CCNCC1.